The zero-order chi connectivity index (χ0) is 25.8. The Morgan fingerprint density at radius 3 is 2.29 bits per heavy atom. The third-order valence-corrected chi connectivity index (χ3v) is 11.1. The van der Waals surface area contributed by atoms with Gasteiger partial charge in [0.25, 0.3) is 0 Å². The van der Waals surface area contributed by atoms with Crippen molar-refractivity contribution >= 4 is 14.1 Å². The molecule has 0 bridgehead atoms. The molecule has 1 rings (SSSR count). The van der Waals surface area contributed by atoms with Crippen molar-refractivity contribution in [1.29, 1.82) is 0 Å². The smallest absolute Gasteiger partial charge is 0.192 e. The maximum absolute atomic E-state index is 12.4. The second kappa shape index (κ2) is 14.8. The molecule has 0 amide bonds. The molecule has 0 aliphatic heterocycles. The van der Waals surface area contributed by atoms with Crippen molar-refractivity contribution in [3.05, 3.63) is 42.5 Å². The fourth-order valence-corrected chi connectivity index (χ4v) is 4.87. The van der Waals surface area contributed by atoms with Crippen LogP contribution in [-0.2, 0) is 30.0 Å². The molecule has 34 heavy (non-hydrogen) atoms. The van der Waals surface area contributed by atoms with E-state index in [0.29, 0.717) is 32.5 Å². The molecular formula is C27H46O6Si. The molecule has 1 aromatic rings. The van der Waals surface area contributed by atoms with Crippen LogP contribution in [0.15, 0.2) is 36.9 Å². The highest BCUT2D eigenvalue weighted by Gasteiger charge is 2.40. The van der Waals surface area contributed by atoms with Gasteiger partial charge in [0.1, 0.15) is 18.3 Å². The van der Waals surface area contributed by atoms with Gasteiger partial charge in [0.05, 0.1) is 19.8 Å². The molecule has 0 saturated heterocycles. The van der Waals surface area contributed by atoms with E-state index in [1.165, 1.54) is 0 Å². The molecule has 0 fully saturated rings. The topological polar surface area (TPSA) is 63.2 Å². The van der Waals surface area contributed by atoms with Crippen molar-refractivity contribution in [1.82, 2.24) is 0 Å². The van der Waals surface area contributed by atoms with Gasteiger partial charge in [0, 0.05) is 25.7 Å². The van der Waals surface area contributed by atoms with Crippen LogP contribution in [0.3, 0.4) is 0 Å². The molecule has 194 valence electrons. The number of carbonyl (C=O) groups excluding carboxylic acids is 1. The highest BCUT2D eigenvalue weighted by molar-refractivity contribution is 6.74. The average molecular weight is 495 g/mol. The van der Waals surface area contributed by atoms with E-state index in [-0.39, 0.29) is 35.7 Å². The number of allylic oxidation sites excluding steroid dienone is 1. The summed E-state index contributed by atoms with van der Waals surface area (Å²) in [7, 11) is 1.20. The SMILES string of the molecule is C=CC[C@H](C(C)=O)[C@@H](C[C@@H](CCOCc1ccc(OC)cc1)O[Si](C)(C)C(C)(C)C)OCOC. The second-order valence-corrected chi connectivity index (χ2v) is 15.0. The fourth-order valence-electron chi connectivity index (χ4n) is 3.47. The van der Waals surface area contributed by atoms with E-state index in [1.807, 2.05) is 24.3 Å². The van der Waals surface area contributed by atoms with Crippen molar-refractivity contribution in [3.63, 3.8) is 0 Å². The lowest BCUT2D eigenvalue weighted by Gasteiger charge is -2.40. The van der Waals surface area contributed by atoms with Crippen molar-refractivity contribution in [2.24, 2.45) is 5.92 Å². The van der Waals surface area contributed by atoms with Crippen LogP contribution < -0.4 is 4.74 Å². The summed E-state index contributed by atoms with van der Waals surface area (Å²) >= 11 is 0. The minimum atomic E-state index is -2.04. The number of Topliss-reactive ketones (excluding diaryl/α,β-unsaturated/α-hetero) is 1. The summed E-state index contributed by atoms with van der Waals surface area (Å²) in [6.45, 7) is 17.8. The summed E-state index contributed by atoms with van der Waals surface area (Å²) in [6, 6.07) is 7.87. The van der Waals surface area contributed by atoms with Crippen LogP contribution in [0.5, 0.6) is 5.75 Å². The summed E-state index contributed by atoms with van der Waals surface area (Å²) in [5.41, 5.74) is 1.09. The van der Waals surface area contributed by atoms with Crippen molar-refractivity contribution < 1.29 is 28.2 Å². The molecule has 0 saturated carbocycles. The maximum atomic E-state index is 12.4. The van der Waals surface area contributed by atoms with Crippen LogP contribution in [0.2, 0.25) is 18.1 Å². The van der Waals surface area contributed by atoms with Gasteiger partial charge in [-0.15, -0.1) is 6.58 Å². The number of ketones is 1. The van der Waals surface area contributed by atoms with E-state index in [1.54, 1.807) is 27.2 Å². The first-order valence-electron chi connectivity index (χ1n) is 12.1. The molecule has 0 unspecified atom stereocenters. The molecular weight excluding hydrogens is 448 g/mol. The minimum Gasteiger partial charge on any atom is -0.497 e. The Morgan fingerprint density at radius 1 is 1.15 bits per heavy atom. The first-order valence-corrected chi connectivity index (χ1v) is 15.0. The first-order chi connectivity index (χ1) is 15.9. The number of ether oxygens (including phenoxy) is 4. The van der Waals surface area contributed by atoms with E-state index < -0.39 is 8.32 Å². The standard InChI is InChI=1S/C27H46O6Si/c1-10-11-25(21(2)28)26(32-20-29-6)18-24(33-34(8,9)27(3,4)5)16-17-31-19-22-12-14-23(30-7)15-13-22/h10,12-15,24-26H,1,11,16-20H2,2-9H3/t24-,25-,26-/m1/s1. The predicted molar refractivity (Wildman–Crippen MR) is 140 cm³/mol. The Morgan fingerprint density at radius 2 is 1.79 bits per heavy atom. The van der Waals surface area contributed by atoms with Gasteiger partial charge in [-0.05, 0) is 62.0 Å². The third-order valence-electron chi connectivity index (χ3n) is 6.57. The van der Waals surface area contributed by atoms with Crippen molar-refractivity contribution in [3.8, 4) is 5.75 Å². The molecule has 6 nitrogen and oxygen atoms in total. The maximum Gasteiger partial charge on any atom is 0.192 e. The quantitative estimate of drug-likeness (QED) is 0.112. The van der Waals surface area contributed by atoms with Crippen LogP contribution in [0, 0.1) is 5.92 Å². The first kappa shape index (κ1) is 30.5. The van der Waals surface area contributed by atoms with Crippen molar-refractivity contribution in [2.75, 3.05) is 27.6 Å². The van der Waals surface area contributed by atoms with Gasteiger partial charge in [0.2, 0.25) is 0 Å². The number of hydrogen-bond donors (Lipinski definition) is 0. The number of carbonyl (C=O) groups is 1. The normalized spacial score (nSPS) is 14.9. The highest BCUT2D eigenvalue weighted by Crippen LogP contribution is 2.38. The Kier molecular flexibility index (Phi) is 13.3. The fraction of sp³-hybridized carbons (Fsp3) is 0.667. The van der Waals surface area contributed by atoms with Gasteiger partial charge in [-0.1, -0.05) is 39.0 Å². The van der Waals surface area contributed by atoms with Gasteiger partial charge >= 0.3 is 0 Å². The average Bonchev–Trinajstić information content (AvgIpc) is 2.77. The van der Waals surface area contributed by atoms with Crippen LogP contribution in [0.25, 0.3) is 0 Å². The summed E-state index contributed by atoms with van der Waals surface area (Å²) in [6.07, 6.45) is 3.24. The number of benzene rings is 1. The molecule has 0 aliphatic rings. The molecule has 1 aromatic carbocycles. The molecule has 0 radical (unpaired) electrons. The van der Waals surface area contributed by atoms with Gasteiger partial charge in [-0.2, -0.15) is 0 Å². The molecule has 0 aromatic heterocycles. The lowest BCUT2D eigenvalue weighted by molar-refractivity contribution is -0.136. The van der Waals surface area contributed by atoms with E-state index in [0.717, 1.165) is 11.3 Å². The Bertz CT molecular complexity index is 726. The van der Waals surface area contributed by atoms with E-state index in [2.05, 4.69) is 40.4 Å². The molecule has 3 atom stereocenters. The number of hydrogen-bond acceptors (Lipinski definition) is 6. The third kappa shape index (κ3) is 10.4. The van der Waals surface area contributed by atoms with E-state index in [9.17, 15) is 4.79 Å². The molecule has 0 heterocycles. The summed E-state index contributed by atoms with van der Waals surface area (Å²) in [5, 5.41) is 0.0686. The lowest BCUT2D eigenvalue weighted by Crippen LogP contribution is -2.46. The zero-order valence-corrected chi connectivity index (χ0v) is 23.5. The van der Waals surface area contributed by atoms with Crippen LogP contribution >= 0.6 is 0 Å². The molecule has 7 heteroatoms. The van der Waals surface area contributed by atoms with Crippen LogP contribution in [0.1, 0.15) is 52.5 Å². The molecule has 0 spiro atoms. The van der Waals surface area contributed by atoms with Gasteiger partial charge in [-0.25, -0.2) is 0 Å². The van der Waals surface area contributed by atoms with Crippen molar-refractivity contribution in [2.45, 2.75) is 83.9 Å². The summed E-state index contributed by atoms with van der Waals surface area (Å²) < 4.78 is 29.1. The number of rotatable bonds is 17. The molecule has 0 aliphatic carbocycles. The second-order valence-electron chi connectivity index (χ2n) is 10.3. The Hall–Kier alpha value is -1.51. The zero-order valence-electron chi connectivity index (χ0n) is 22.5. The minimum absolute atomic E-state index is 0.0686. The highest BCUT2D eigenvalue weighted by atomic mass is 28.4. The Balaban J connectivity index is 2.93. The molecule has 0 N–H and O–H groups in total. The number of methoxy groups -OCH3 is 2. The van der Waals surface area contributed by atoms with Crippen LogP contribution in [-0.4, -0.2) is 53.9 Å². The summed E-state index contributed by atoms with van der Waals surface area (Å²) in [4.78, 5) is 12.4. The van der Waals surface area contributed by atoms with Gasteiger partial charge in [0.15, 0.2) is 8.32 Å². The Labute approximate surface area is 208 Å². The predicted octanol–water partition coefficient (Wildman–Crippen LogP) is 6.15. The van der Waals surface area contributed by atoms with Gasteiger partial charge < -0.3 is 23.4 Å². The van der Waals surface area contributed by atoms with Crippen LogP contribution in [0.4, 0.5) is 0 Å². The summed E-state index contributed by atoms with van der Waals surface area (Å²) in [5.74, 6) is 0.634. The monoisotopic (exact) mass is 494 g/mol. The largest absolute Gasteiger partial charge is 0.497 e. The van der Waals surface area contributed by atoms with E-state index >= 15 is 0 Å². The van der Waals surface area contributed by atoms with E-state index in [4.69, 9.17) is 23.4 Å². The lowest BCUT2D eigenvalue weighted by atomic mass is 9.90. The van der Waals surface area contributed by atoms with Gasteiger partial charge in [-0.3, -0.25) is 4.79 Å².